The third kappa shape index (κ3) is 9.14. The molecular weight excluding hydrogens is 643 g/mol. The number of hydrogen-bond donors (Lipinski definition) is 0. The number of rotatable bonds is 0. The molecule has 0 fully saturated rings. The zero-order valence-electron chi connectivity index (χ0n) is 2.12. The molecule has 0 aliphatic rings. The van der Waals surface area contributed by atoms with Crippen molar-refractivity contribution in [3.63, 3.8) is 0 Å². The van der Waals surface area contributed by atoms with E-state index in [4.69, 9.17) is 0 Å². The minimum atomic E-state index is 0. The van der Waals surface area contributed by atoms with Crippen LogP contribution in [0.5, 0.6) is 0 Å². The third-order valence-corrected chi connectivity index (χ3v) is 0. The van der Waals surface area contributed by atoms with E-state index < -0.39 is 0 Å². The van der Waals surface area contributed by atoms with Gasteiger partial charge in [0.1, 0.15) is 0 Å². The van der Waals surface area contributed by atoms with Gasteiger partial charge in [-0.2, -0.15) is 0 Å². The molecule has 0 aromatic rings. The summed E-state index contributed by atoms with van der Waals surface area (Å²) in [5.41, 5.74) is 0. The molecule has 0 atom stereocenters. The van der Waals surface area contributed by atoms with Crippen molar-refractivity contribution in [3.05, 3.63) is 0 Å². The Hall–Kier alpha value is 3.60. The average Bonchev–Trinajstić information content (AvgIpc) is 0. The van der Waals surface area contributed by atoms with Crippen LogP contribution in [0.2, 0.25) is 0 Å². The van der Waals surface area contributed by atoms with E-state index in [0.29, 0.717) is 0 Å². The molecule has 22 valence electrons. The molecule has 0 bridgehead atoms. The summed E-state index contributed by atoms with van der Waals surface area (Å²) in [7, 11) is 0. The summed E-state index contributed by atoms with van der Waals surface area (Å²) in [5, 5.41) is 0. The van der Waals surface area contributed by atoms with Crippen LogP contribution >= 0.6 is 0 Å². The van der Waals surface area contributed by atoms with Crippen LogP contribution in [0, 0.1) is 0 Å². The van der Waals surface area contributed by atoms with E-state index in [1.54, 1.807) is 0 Å². The van der Waals surface area contributed by atoms with Gasteiger partial charge in [0, 0.05) is 27.3 Å². The first kappa shape index (κ1) is 25.6. The second-order valence-electron chi connectivity index (χ2n) is 0. The van der Waals surface area contributed by atoms with Gasteiger partial charge in [0.05, 0.1) is 0 Å². The Bertz CT molecular complexity index is 8.00. The molecule has 0 heterocycles. The first-order valence-electron chi connectivity index (χ1n) is 0. The Labute approximate surface area is 104 Å². The molecule has 0 aromatic heterocycles. The summed E-state index contributed by atoms with van der Waals surface area (Å²) >= 11 is 0. The first-order valence-corrected chi connectivity index (χ1v) is 0. The Balaban J connectivity index is 0. The van der Waals surface area contributed by atoms with Gasteiger partial charge < -0.3 is 0 Å². The quantitative estimate of drug-likeness (QED) is 0.242. The fourth-order valence-corrected chi connectivity index (χ4v) is 0. The molecule has 0 unspecified atom stereocenters. The van der Waals surface area contributed by atoms with Crippen molar-refractivity contribution in [1.82, 2.24) is 0 Å². The minimum absolute atomic E-state index is 0. The second kappa shape index (κ2) is 16.0. The molecular formula is H8BiCdInPb. The maximum atomic E-state index is 0. The van der Waals surface area contributed by atoms with Gasteiger partial charge in [-0.15, -0.1) is 0 Å². The normalized spacial score (nSPS) is 0. The van der Waals surface area contributed by atoms with Gasteiger partial charge in [0.15, 0.2) is 0 Å². The predicted molar refractivity (Wildman–Crippen MR) is 28.4 cm³/mol. The molecule has 0 aromatic carbocycles. The van der Waals surface area contributed by atoms with E-state index in [1.807, 2.05) is 0 Å². The summed E-state index contributed by atoms with van der Waals surface area (Å²) in [4.78, 5) is 0. The summed E-state index contributed by atoms with van der Waals surface area (Å²) in [5.74, 6) is 0. The molecule has 0 saturated heterocycles. The molecule has 0 spiro atoms. The monoisotopic (exact) mass is 654 g/mol. The standard InChI is InChI=1S/Bi.Cd.In.Pb.8H. The van der Waals surface area contributed by atoms with Crippen molar-refractivity contribution in [3.8, 4) is 0 Å². The van der Waals surface area contributed by atoms with Crippen molar-refractivity contribution in [2.75, 3.05) is 0 Å². The third-order valence-electron chi connectivity index (χ3n) is 0. The van der Waals surface area contributed by atoms with Gasteiger partial charge in [-0.05, 0) is 0 Å². The first-order chi connectivity index (χ1) is 0. The molecule has 0 saturated carbocycles. The van der Waals surface area contributed by atoms with Gasteiger partial charge in [0.2, 0.25) is 0 Å². The molecule has 0 aliphatic carbocycles. The number of hydrogen-bond acceptors (Lipinski definition) is 0. The summed E-state index contributed by atoms with van der Waals surface area (Å²) in [6.45, 7) is 0. The van der Waals surface area contributed by atoms with Crippen LogP contribution in [0.25, 0.3) is 0 Å². The molecule has 0 N–H and O–H groups in total. The van der Waals surface area contributed by atoms with Gasteiger partial charge in [-0.1, -0.05) is 0 Å². The summed E-state index contributed by atoms with van der Waals surface area (Å²) in [6.07, 6.45) is 0. The molecule has 0 rings (SSSR count). The van der Waals surface area contributed by atoms with Gasteiger partial charge in [-0.25, -0.2) is 0 Å². The Morgan fingerprint density at radius 3 is 1.00 bits per heavy atom. The van der Waals surface area contributed by atoms with E-state index in [0.717, 1.165) is 0 Å². The zero-order valence-corrected chi connectivity index (χ0v) is 17.2. The van der Waals surface area contributed by atoms with Crippen molar-refractivity contribution in [2.45, 2.75) is 0 Å². The van der Waals surface area contributed by atoms with Crippen LogP contribution in [0.3, 0.4) is 0 Å². The van der Waals surface area contributed by atoms with E-state index >= 15 is 0 Å². The van der Waals surface area contributed by atoms with Crippen molar-refractivity contribution >= 4 is 79.3 Å². The van der Waals surface area contributed by atoms with Gasteiger partial charge >= 0.3 is 79.3 Å². The fourth-order valence-electron chi connectivity index (χ4n) is 0. The Morgan fingerprint density at radius 1 is 1.00 bits per heavy atom. The molecule has 0 nitrogen and oxygen atoms in total. The zero-order chi connectivity index (χ0) is 0. The van der Waals surface area contributed by atoms with Crippen LogP contribution in [-0.4, -0.2) is 79.3 Å². The van der Waals surface area contributed by atoms with E-state index in [2.05, 4.69) is 0 Å². The predicted octanol–water partition coefficient (Wildman–Crippen LogP) is -3.29. The summed E-state index contributed by atoms with van der Waals surface area (Å²) < 4.78 is 0. The average molecular weight is 651 g/mol. The van der Waals surface area contributed by atoms with Gasteiger partial charge in [0.25, 0.3) is 0 Å². The van der Waals surface area contributed by atoms with Crippen molar-refractivity contribution < 1.29 is 27.3 Å². The SMILES string of the molecule is [BiH3].[Cd].[InH3].[PbH2]. The molecule has 2 radical (unpaired) electrons. The van der Waals surface area contributed by atoms with Gasteiger partial charge in [-0.3, -0.25) is 0 Å². The van der Waals surface area contributed by atoms with Crippen LogP contribution in [0.15, 0.2) is 0 Å². The van der Waals surface area contributed by atoms with E-state index in [-0.39, 0.29) is 107 Å². The Kier molecular flexibility index (Phi) is 102. The van der Waals surface area contributed by atoms with E-state index in [9.17, 15) is 0 Å². The maximum absolute atomic E-state index is 0. The molecule has 0 aliphatic heterocycles. The molecule has 0 amide bonds. The van der Waals surface area contributed by atoms with Crippen LogP contribution < -0.4 is 0 Å². The topological polar surface area (TPSA) is 0 Å². The second-order valence-corrected chi connectivity index (χ2v) is 0. The van der Waals surface area contributed by atoms with Crippen LogP contribution in [0.4, 0.5) is 0 Å². The fraction of sp³-hybridized carbons (Fsp3) is 0. The van der Waals surface area contributed by atoms with Crippen LogP contribution in [0.1, 0.15) is 0 Å². The van der Waals surface area contributed by atoms with Crippen LogP contribution in [-0.2, 0) is 27.3 Å². The van der Waals surface area contributed by atoms with E-state index in [1.165, 1.54) is 0 Å². The van der Waals surface area contributed by atoms with Crippen molar-refractivity contribution in [1.29, 1.82) is 0 Å². The molecule has 4 heteroatoms. The van der Waals surface area contributed by atoms with Crippen molar-refractivity contribution in [2.24, 2.45) is 0 Å². The summed E-state index contributed by atoms with van der Waals surface area (Å²) in [6, 6.07) is 0. The molecule has 4 heavy (non-hydrogen) atoms. The Morgan fingerprint density at radius 2 is 1.00 bits per heavy atom.